The molecule has 0 bridgehead atoms. The zero-order chi connectivity index (χ0) is 10.1. The van der Waals surface area contributed by atoms with Crippen LogP contribution in [0.3, 0.4) is 0 Å². The van der Waals surface area contributed by atoms with Crippen LogP contribution in [0.2, 0.25) is 0 Å². The maximum atomic E-state index is 8.11. The molecule has 0 fully saturated rings. The summed E-state index contributed by atoms with van der Waals surface area (Å²) in [5.41, 5.74) is 0. The van der Waals surface area contributed by atoms with Gasteiger partial charge in [0.15, 0.2) is 5.34 Å². The number of ether oxygens (including phenoxy) is 2. The molecule has 1 aromatic rings. The quantitative estimate of drug-likeness (QED) is 0.563. The van der Waals surface area contributed by atoms with Crippen LogP contribution in [-0.2, 0) is 0 Å². The van der Waals surface area contributed by atoms with E-state index in [9.17, 15) is 0 Å². The Labute approximate surface area is 75.8 Å². The van der Waals surface area contributed by atoms with Crippen LogP contribution >= 0.6 is 0 Å². The van der Waals surface area contributed by atoms with Gasteiger partial charge in [-0.15, -0.1) is 4.91 Å². The summed E-state index contributed by atoms with van der Waals surface area (Å²) in [6.45, 7) is 0. The number of benzene rings is 1. The third kappa shape index (κ3) is 4.62. The van der Waals surface area contributed by atoms with E-state index in [1.54, 1.807) is 14.2 Å². The third-order valence-corrected chi connectivity index (χ3v) is 1.30. The van der Waals surface area contributed by atoms with Crippen LogP contribution in [0.15, 0.2) is 29.6 Å². The monoisotopic (exact) mass is 185 g/mol. The third-order valence-electron chi connectivity index (χ3n) is 1.30. The van der Waals surface area contributed by atoms with Crippen molar-refractivity contribution in [2.75, 3.05) is 14.2 Å². The lowest BCUT2D eigenvalue weighted by atomic mass is 10.3. The molecule has 13 heavy (non-hydrogen) atoms. The van der Waals surface area contributed by atoms with Crippen molar-refractivity contribution >= 4 is 0 Å². The Bertz CT molecular complexity index is 211. The Hall–Kier alpha value is -1.78. The van der Waals surface area contributed by atoms with E-state index in [4.69, 9.17) is 19.6 Å². The van der Waals surface area contributed by atoms with Crippen LogP contribution in [-0.4, -0.2) is 19.4 Å². The fraction of sp³-hybridized carbons (Fsp3) is 0.250. The van der Waals surface area contributed by atoms with Gasteiger partial charge in [0, 0.05) is 0 Å². The highest BCUT2D eigenvalue weighted by Gasteiger charge is 1.89. The summed E-state index contributed by atoms with van der Waals surface area (Å²) < 4.78 is 9.92. The molecular formula is C8H11NO4. The largest absolute Gasteiger partial charge is 0.497 e. The van der Waals surface area contributed by atoms with Crippen LogP contribution in [0.4, 0.5) is 0 Å². The molecule has 1 N–H and O–H groups in total. The molecule has 0 saturated heterocycles. The van der Waals surface area contributed by atoms with E-state index < -0.39 is 0 Å². The Balaban J connectivity index is 0.000000424. The molecule has 1 rings (SSSR count). The number of rotatable bonds is 2. The maximum absolute atomic E-state index is 8.11. The van der Waals surface area contributed by atoms with Gasteiger partial charge in [0.1, 0.15) is 11.5 Å². The van der Waals surface area contributed by atoms with Crippen molar-refractivity contribution in [2.45, 2.75) is 0 Å². The zero-order valence-corrected chi connectivity index (χ0v) is 7.43. The average molecular weight is 185 g/mol. The van der Waals surface area contributed by atoms with Crippen molar-refractivity contribution in [2.24, 2.45) is 5.34 Å². The normalized spacial score (nSPS) is 7.85. The first-order valence-corrected chi connectivity index (χ1v) is 3.43. The van der Waals surface area contributed by atoms with Gasteiger partial charge in [0.25, 0.3) is 0 Å². The van der Waals surface area contributed by atoms with E-state index in [-0.39, 0.29) is 0 Å². The van der Waals surface area contributed by atoms with E-state index in [1.807, 2.05) is 24.3 Å². The zero-order valence-electron chi connectivity index (χ0n) is 7.43. The Morgan fingerprint density at radius 1 is 1.08 bits per heavy atom. The highest BCUT2D eigenvalue weighted by molar-refractivity contribution is 5.30. The molecule has 72 valence electrons. The van der Waals surface area contributed by atoms with Gasteiger partial charge in [-0.25, -0.2) is 0 Å². The summed E-state index contributed by atoms with van der Waals surface area (Å²) in [7, 11) is 3.28. The SMILES string of the molecule is COc1ccc(OC)cc1.O=NO. The number of methoxy groups -OCH3 is 2. The van der Waals surface area contributed by atoms with Gasteiger partial charge in [-0.3, -0.25) is 0 Å². The molecule has 0 aliphatic carbocycles. The van der Waals surface area contributed by atoms with Gasteiger partial charge in [-0.05, 0) is 24.3 Å². The van der Waals surface area contributed by atoms with E-state index in [1.165, 1.54) is 5.34 Å². The van der Waals surface area contributed by atoms with Gasteiger partial charge < -0.3 is 14.7 Å². The summed E-state index contributed by atoms with van der Waals surface area (Å²) in [5, 5.41) is 7.89. The van der Waals surface area contributed by atoms with Crippen molar-refractivity contribution in [3.8, 4) is 11.5 Å². The smallest absolute Gasteiger partial charge is 0.152 e. The van der Waals surface area contributed by atoms with Gasteiger partial charge in [0.2, 0.25) is 0 Å². The summed E-state index contributed by atoms with van der Waals surface area (Å²) in [6.07, 6.45) is 0. The lowest BCUT2D eigenvalue weighted by molar-refractivity contribution is 0.312. The van der Waals surface area contributed by atoms with Crippen LogP contribution in [0, 0.1) is 4.91 Å². The highest BCUT2D eigenvalue weighted by atomic mass is 16.6. The van der Waals surface area contributed by atoms with E-state index >= 15 is 0 Å². The number of hydrogen-bond donors (Lipinski definition) is 1. The van der Waals surface area contributed by atoms with E-state index in [0.717, 1.165) is 11.5 Å². The summed E-state index contributed by atoms with van der Waals surface area (Å²) >= 11 is 0. The Morgan fingerprint density at radius 3 is 1.46 bits per heavy atom. The molecule has 0 unspecified atom stereocenters. The van der Waals surface area contributed by atoms with Crippen molar-refractivity contribution in [1.29, 1.82) is 0 Å². The molecule has 0 spiro atoms. The van der Waals surface area contributed by atoms with Crippen molar-refractivity contribution in [3.63, 3.8) is 0 Å². The topological polar surface area (TPSA) is 68.1 Å². The molecule has 0 aromatic heterocycles. The molecule has 0 aliphatic rings. The second-order valence-electron chi connectivity index (χ2n) is 1.96. The van der Waals surface area contributed by atoms with Gasteiger partial charge in [-0.2, -0.15) is 0 Å². The standard InChI is InChI=1S/C8H10O2.HNO2/c1-9-7-3-5-8(10-2)6-4-7;2-1-3/h3-6H,1-2H3;(H,2,3). The average Bonchev–Trinajstić information content (AvgIpc) is 2.19. The lowest BCUT2D eigenvalue weighted by Gasteiger charge is -2.00. The molecule has 1 aromatic carbocycles. The maximum Gasteiger partial charge on any atom is 0.152 e. The van der Waals surface area contributed by atoms with Gasteiger partial charge >= 0.3 is 0 Å². The van der Waals surface area contributed by atoms with E-state index in [0.29, 0.717) is 0 Å². The fourth-order valence-electron chi connectivity index (χ4n) is 0.712. The van der Waals surface area contributed by atoms with Crippen molar-refractivity contribution in [3.05, 3.63) is 29.2 Å². The molecule has 0 radical (unpaired) electrons. The predicted octanol–water partition coefficient (Wildman–Crippen LogP) is 1.85. The highest BCUT2D eigenvalue weighted by Crippen LogP contribution is 2.15. The molecule has 5 nitrogen and oxygen atoms in total. The van der Waals surface area contributed by atoms with Crippen molar-refractivity contribution in [1.82, 2.24) is 0 Å². The minimum Gasteiger partial charge on any atom is -0.497 e. The summed E-state index contributed by atoms with van der Waals surface area (Å²) in [5.74, 6) is 1.70. The summed E-state index contributed by atoms with van der Waals surface area (Å²) in [4.78, 5) is 8.11. The molecule has 5 heteroatoms. The van der Waals surface area contributed by atoms with Crippen LogP contribution in [0.1, 0.15) is 0 Å². The minimum atomic E-state index is 0.848. The fourth-order valence-corrected chi connectivity index (χ4v) is 0.712. The van der Waals surface area contributed by atoms with Crippen LogP contribution in [0.5, 0.6) is 11.5 Å². The molecular weight excluding hydrogens is 174 g/mol. The van der Waals surface area contributed by atoms with Crippen LogP contribution < -0.4 is 9.47 Å². The number of hydrogen-bond acceptors (Lipinski definition) is 4. The summed E-state index contributed by atoms with van der Waals surface area (Å²) in [6, 6.07) is 7.44. The second-order valence-corrected chi connectivity index (χ2v) is 1.96. The first-order chi connectivity index (χ1) is 6.28. The second kappa shape index (κ2) is 6.90. The molecule has 0 aliphatic heterocycles. The molecule has 0 heterocycles. The van der Waals surface area contributed by atoms with Crippen molar-refractivity contribution < 1.29 is 14.7 Å². The lowest BCUT2D eigenvalue weighted by Crippen LogP contribution is -1.83. The Kier molecular flexibility index (Phi) is 5.96. The predicted molar refractivity (Wildman–Crippen MR) is 47.1 cm³/mol. The van der Waals surface area contributed by atoms with E-state index in [2.05, 4.69) is 0 Å². The molecule has 0 saturated carbocycles. The first-order valence-electron chi connectivity index (χ1n) is 3.43. The van der Waals surface area contributed by atoms with Gasteiger partial charge in [0.05, 0.1) is 14.2 Å². The first kappa shape index (κ1) is 11.2. The number of nitrogens with zero attached hydrogens (tertiary/aromatic N) is 1. The van der Waals surface area contributed by atoms with Crippen LogP contribution in [0.25, 0.3) is 0 Å². The Morgan fingerprint density at radius 2 is 1.31 bits per heavy atom. The molecule has 0 amide bonds. The van der Waals surface area contributed by atoms with Gasteiger partial charge in [-0.1, -0.05) is 0 Å². The minimum absolute atomic E-state index is 0.848. The molecule has 0 atom stereocenters.